The molecule has 1 aromatic rings. The van der Waals surface area contributed by atoms with Crippen molar-refractivity contribution >= 4 is 11.6 Å². The van der Waals surface area contributed by atoms with Gasteiger partial charge in [0.2, 0.25) is 0 Å². The lowest BCUT2D eigenvalue weighted by atomic mass is 10.3. The maximum absolute atomic E-state index is 8.92. The second-order valence-electron chi connectivity index (χ2n) is 4.26. The first-order valence-corrected chi connectivity index (χ1v) is 6.49. The number of rotatable bonds is 5. The average Bonchev–Trinajstić information content (AvgIpc) is 2.39. The van der Waals surface area contributed by atoms with Crippen LogP contribution in [0, 0.1) is 0 Å². The van der Waals surface area contributed by atoms with Crippen molar-refractivity contribution in [2.24, 2.45) is 0 Å². The van der Waals surface area contributed by atoms with Gasteiger partial charge >= 0.3 is 0 Å². The second-order valence-corrected chi connectivity index (χ2v) is 4.67. The number of halogens is 1. The van der Waals surface area contributed by atoms with Crippen molar-refractivity contribution in [3.63, 3.8) is 0 Å². The molecule has 2 rings (SSSR count). The molecule has 0 aliphatic carbocycles. The van der Waals surface area contributed by atoms with Crippen LogP contribution in [0.3, 0.4) is 0 Å². The summed E-state index contributed by atoms with van der Waals surface area (Å²) in [5.41, 5.74) is 0. The topological polar surface area (TPSA) is 41.9 Å². The largest absolute Gasteiger partial charge is 0.489 e. The van der Waals surface area contributed by atoms with E-state index in [1.165, 1.54) is 0 Å². The number of aliphatic hydroxyl groups excluding tert-OH is 1. The average molecular weight is 272 g/mol. The Kier molecular flexibility index (Phi) is 5.26. The van der Waals surface area contributed by atoms with Crippen LogP contribution in [0.25, 0.3) is 0 Å². The quantitative estimate of drug-likeness (QED) is 0.879. The van der Waals surface area contributed by atoms with Gasteiger partial charge in [-0.15, -0.1) is 0 Å². The number of para-hydroxylation sites is 1. The fourth-order valence-corrected chi connectivity index (χ4v) is 2.16. The van der Waals surface area contributed by atoms with Crippen LogP contribution in [-0.2, 0) is 4.74 Å². The first-order valence-electron chi connectivity index (χ1n) is 6.11. The zero-order chi connectivity index (χ0) is 12.8. The lowest BCUT2D eigenvalue weighted by Gasteiger charge is -2.32. The van der Waals surface area contributed by atoms with Gasteiger partial charge in [0.25, 0.3) is 0 Å². The SMILES string of the molecule is OCCN1CCO[C@@H](COc2ccccc2Cl)C1. The Labute approximate surface area is 112 Å². The van der Waals surface area contributed by atoms with Crippen molar-refractivity contribution in [3.05, 3.63) is 29.3 Å². The molecule has 0 saturated carbocycles. The molecule has 18 heavy (non-hydrogen) atoms. The van der Waals surface area contributed by atoms with Gasteiger partial charge in [-0.3, -0.25) is 4.90 Å². The summed E-state index contributed by atoms with van der Waals surface area (Å²) in [4.78, 5) is 2.17. The monoisotopic (exact) mass is 271 g/mol. The number of hydrogen-bond donors (Lipinski definition) is 1. The molecule has 1 N–H and O–H groups in total. The van der Waals surface area contributed by atoms with Crippen LogP contribution in [0.2, 0.25) is 5.02 Å². The molecule has 0 bridgehead atoms. The van der Waals surface area contributed by atoms with Crippen LogP contribution in [0.1, 0.15) is 0 Å². The Morgan fingerprint density at radius 3 is 3.06 bits per heavy atom. The third-order valence-corrected chi connectivity index (χ3v) is 3.21. The molecular formula is C13H18ClNO3. The third kappa shape index (κ3) is 3.85. The predicted molar refractivity (Wildman–Crippen MR) is 70.2 cm³/mol. The summed E-state index contributed by atoms with van der Waals surface area (Å²) < 4.78 is 11.3. The van der Waals surface area contributed by atoms with Crippen LogP contribution in [0.5, 0.6) is 5.75 Å². The van der Waals surface area contributed by atoms with Crippen LogP contribution >= 0.6 is 11.6 Å². The summed E-state index contributed by atoms with van der Waals surface area (Å²) in [6, 6.07) is 7.41. The number of ether oxygens (including phenoxy) is 2. The fourth-order valence-electron chi connectivity index (χ4n) is 1.97. The molecule has 1 atom stereocenters. The first kappa shape index (κ1) is 13.6. The normalized spacial score (nSPS) is 20.9. The molecule has 1 saturated heterocycles. The molecule has 4 nitrogen and oxygen atoms in total. The summed E-state index contributed by atoms with van der Waals surface area (Å²) in [5.74, 6) is 0.682. The highest BCUT2D eigenvalue weighted by Crippen LogP contribution is 2.23. The molecule has 5 heteroatoms. The van der Waals surface area contributed by atoms with Crippen LogP contribution in [-0.4, -0.2) is 55.6 Å². The molecule has 0 aromatic heterocycles. The zero-order valence-electron chi connectivity index (χ0n) is 10.2. The highest BCUT2D eigenvalue weighted by atomic mass is 35.5. The summed E-state index contributed by atoms with van der Waals surface area (Å²) in [7, 11) is 0. The third-order valence-electron chi connectivity index (χ3n) is 2.90. The number of hydrogen-bond acceptors (Lipinski definition) is 4. The molecule has 1 fully saturated rings. The van der Waals surface area contributed by atoms with E-state index in [2.05, 4.69) is 4.90 Å². The Morgan fingerprint density at radius 2 is 2.28 bits per heavy atom. The second kappa shape index (κ2) is 6.95. The zero-order valence-corrected chi connectivity index (χ0v) is 11.0. The molecule has 0 spiro atoms. The Morgan fingerprint density at radius 1 is 1.44 bits per heavy atom. The minimum absolute atomic E-state index is 0.0292. The Hall–Kier alpha value is -0.810. The molecule has 0 amide bonds. The molecule has 1 aliphatic heterocycles. The molecule has 1 aromatic carbocycles. The number of morpholine rings is 1. The smallest absolute Gasteiger partial charge is 0.138 e. The van der Waals surface area contributed by atoms with E-state index in [9.17, 15) is 0 Å². The van der Waals surface area contributed by atoms with Crippen molar-refractivity contribution in [3.8, 4) is 5.75 Å². The van der Waals surface area contributed by atoms with Crippen molar-refractivity contribution in [2.45, 2.75) is 6.10 Å². The first-order chi connectivity index (χ1) is 8.79. The van der Waals surface area contributed by atoms with Gasteiger partial charge in [0.05, 0.1) is 18.2 Å². The van der Waals surface area contributed by atoms with E-state index >= 15 is 0 Å². The minimum Gasteiger partial charge on any atom is -0.489 e. The molecule has 0 radical (unpaired) electrons. The van der Waals surface area contributed by atoms with Gasteiger partial charge < -0.3 is 14.6 Å². The highest BCUT2D eigenvalue weighted by molar-refractivity contribution is 6.32. The standard InChI is InChI=1S/C13H18ClNO3/c14-12-3-1-2-4-13(12)18-10-11-9-15(5-7-16)6-8-17-11/h1-4,11,16H,5-10H2/t11-/m1/s1. The number of nitrogens with zero attached hydrogens (tertiary/aromatic N) is 1. The maximum atomic E-state index is 8.92. The van der Waals surface area contributed by atoms with E-state index in [0.29, 0.717) is 30.5 Å². The fraction of sp³-hybridized carbons (Fsp3) is 0.538. The summed E-state index contributed by atoms with van der Waals surface area (Å²) in [6.07, 6.45) is 0.0292. The van der Waals surface area contributed by atoms with E-state index in [1.54, 1.807) is 6.07 Å². The van der Waals surface area contributed by atoms with Crippen LogP contribution in [0.4, 0.5) is 0 Å². The Balaban J connectivity index is 1.81. The summed E-state index contributed by atoms with van der Waals surface area (Å²) in [5, 5.41) is 9.53. The molecule has 0 unspecified atom stereocenters. The van der Waals surface area contributed by atoms with E-state index in [0.717, 1.165) is 13.1 Å². The molecule has 1 aliphatic rings. The van der Waals surface area contributed by atoms with E-state index < -0.39 is 0 Å². The Bertz CT molecular complexity index is 373. The number of aliphatic hydroxyl groups is 1. The van der Waals surface area contributed by atoms with Crippen molar-refractivity contribution in [1.82, 2.24) is 4.90 Å². The maximum Gasteiger partial charge on any atom is 0.138 e. The molecule has 100 valence electrons. The van der Waals surface area contributed by atoms with E-state index in [4.69, 9.17) is 26.2 Å². The number of β-amino-alcohol motifs (C(OH)–C–C–N with tert-alkyl or cyclic N) is 1. The van der Waals surface area contributed by atoms with Gasteiger partial charge in [0.15, 0.2) is 0 Å². The number of benzene rings is 1. The molecular weight excluding hydrogens is 254 g/mol. The van der Waals surface area contributed by atoms with Gasteiger partial charge in [0, 0.05) is 19.6 Å². The predicted octanol–water partition coefficient (Wildman–Crippen LogP) is 1.41. The van der Waals surface area contributed by atoms with Gasteiger partial charge in [-0.05, 0) is 12.1 Å². The van der Waals surface area contributed by atoms with Crippen molar-refractivity contribution in [2.75, 3.05) is 39.5 Å². The molecule has 1 heterocycles. The van der Waals surface area contributed by atoms with Crippen molar-refractivity contribution < 1.29 is 14.6 Å². The van der Waals surface area contributed by atoms with Gasteiger partial charge in [-0.2, -0.15) is 0 Å². The lowest BCUT2D eigenvalue weighted by Crippen LogP contribution is -2.45. The van der Waals surface area contributed by atoms with Gasteiger partial charge in [-0.25, -0.2) is 0 Å². The van der Waals surface area contributed by atoms with Gasteiger partial charge in [0.1, 0.15) is 18.5 Å². The minimum atomic E-state index is 0.0292. The van der Waals surface area contributed by atoms with E-state index in [-0.39, 0.29) is 12.7 Å². The highest BCUT2D eigenvalue weighted by Gasteiger charge is 2.20. The van der Waals surface area contributed by atoms with Crippen LogP contribution < -0.4 is 4.74 Å². The lowest BCUT2D eigenvalue weighted by molar-refractivity contribution is -0.0508. The van der Waals surface area contributed by atoms with Crippen LogP contribution in [0.15, 0.2) is 24.3 Å². The summed E-state index contributed by atoms with van der Waals surface area (Å²) >= 11 is 6.01. The van der Waals surface area contributed by atoms with Crippen molar-refractivity contribution in [1.29, 1.82) is 0 Å². The van der Waals surface area contributed by atoms with Gasteiger partial charge in [-0.1, -0.05) is 23.7 Å². The summed E-state index contributed by atoms with van der Waals surface area (Å²) in [6.45, 7) is 3.67. The van der Waals surface area contributed by atoms with E-state index in [1.807, 2.05) is 18.2 Å².